The van der Waals surface area contributed by atoms with Crippen molar-refractivity contribution in [3.63, 3.8) is 0 Å². The van der Waals surface area contributed by atoms with Gasteiger partial charge < -0.3 is 26.7 Å². The predicted molar refractivity (Wildman–Crippen MR) is 104 cm³/mol. The number of fused-ring (bicyclic) bond motifs is 1. The zero-order valence-corrected chi connectivity index (χ0v) is 16.0. The summed E-state index contributed by atoms with van der Waals surface area (Å²) in [5, 5.41) is 8.53. The van der Waals surface area contributed by atoms with Crippen LogP contribution < -0.4 is 21.7 Å². The first-order valence-corrected chi connectivity index (χ1v) is 8.91. The van der Waals surface area contributed by atoms with E-state index >= 15 is 0 Å². The summed E-state index contributed by atoms with van der Waals surface area (Å²) in [7, 11) is 0. The van der Waals surface area contributed by atoms with Crippen molar-refractivity contribution in [2.45, 2.75) is 45.3 Å². The van der Waals surface area contributed by atoms with E-state index < -0.39 is 35.8 Å². The number of benzene rings is 1. The van der Waals surface area contributed by atoms with Crippen LogP contribution in [0.4, 0.5) is 0 Å². The highest BCUT2D eigenvalue weighted by atomic mass is 16.2. The maximum absolute atomic E-state index is 12.7. The van der Waals surface area contributed by atoms with E-state index in [0.717, 1.165) is 16.5 Å². The third-order valence-corrected chi connectivity index (χ3v) is 4.33. The Balaban J connectivity index is 2.22. The Hall–Kier alpha value is -3.36. The maximum Gasteiger partial charge on any atom is 0.243 e. The number of carbonyl (C=O) groups excluding carboxylic acids is 4. The fourth-order valence-electron chi connectivity index (χ4n) is 2.78. The number of amides is 4. The number of hydrogen-bond donors (Lipinski definition) is 5. The highest BCUT2D eigenvalue weighted by Crippen LogP contribution is 2.19. The average Bonchev–Trinajstić information content (AvgIpc) is 3.03. The zero-order chi connectivity index (χ0) is 20.8. The van der Waals surface area contributed by atoms with E-state index in [4.69, 9.17) is 5.73 Å². The van der Waals surface area contributed by atoms with Crippen LogP contribution in [0.2, 0.25) is 0 Å². The number of primary amides is 1. The average molecular weight is 387 g/mol. The van der Waals surface area contributed by atoms with Gasteiger partial charge in [0.15, 0.2) is 0 Å². The molecule has 9 nitrogen and oxygen atoms in total. The molecule has 1 aromatic carbocycles. The smallest absolute Gasteiger partial charge is 0.243 e. The number of aromatic amines is 1. The van der Waals surface area contributed by atoms with Crippen molar-refractivity contribution in [2.75, 3.05) is 0 Å². The summed E-state index contributed by atoms with van der Waals surface area (Å²) in [5.74, 6) is -2.10. The molecule has 0 bridgehead atoms. The molecule has 0 radical (unpaired) electrons. The van der Waals surface area contributed by atoms with Gasteiger partial charge in [0.25, 0.3) is 0 Å². The number of rotatable bonds is 8. The summed E-state index contributed by atoms with van der Waals surface area (Å²) in [4.78, 5) is 50.6. The molecule has 1 heterocycles. The number of nitrogens with one attached hydrogen (secondary N) is 4. The zero-order valence-electron chi connectivity index (χ0n) is 16.0. The van der Waals surface area contributed by atoms with E-state index in [9.17, 15) is 19.2 Å². The lowest BCUT2D eigenvalue weighted by molar-refractivity contribution is -0.132. The summed E-state index contributed by atoms with van der Waals surface area (Å²) in [5.41, 5.74) is 6.94. The molecule has 0 aliphatic heterocycles. The minimum Gasteiger partial charge on any atom is -0.368 e. The summed E-state index contributed by atoms with van der Waals surface area (Å²) >= 11 is 0. The van der Waals surface area contributed by atoms with Gasteiger partial charge in [0.1, 0.15) is 18.1 Å². The first-order valence-electron chi connectivity index (χ1n) is 8.91. The topological polar surface area (TPSA) is 146 Å². The van der Waals surface area contributed by atoms with Gasteiger partial charge >= 0.3 is 0 Å². The minimum absolute atomic E-state index is 0.194. The number of hydrogen-bond acceptors (Lipinski definition) is 4. The quantitative estimate of drug-likeness (QED) is 0.423. The molecule has 150 valence electrons. The third kappa shape index (κ3) is 5.32. The molecule has 0 fully saturated rings. The molecule has 4 amide bonds. The lowest BCUT2D eigenvalue weighted by Gasteiger charge is -2.22. The van der Waals surface area contributed by atoms with Crippen LogP contribution in [0.1, 0.15) is 26.3 Å². The van der Waals surface area contributed by atoms with Gasteiger partial charge in [-0.1, -0.05) is 18.2 Å². The molecular weight excluding hydrogens is 362 g/mol. The summed E-state index contributed by atoms with van der Waals surface area (Å²) < 4.78 is 0. The van der Waals surface area contributed by atoms with Crippen LogP contribution in [0.5, 0.6) is 0 Å². The highest BCUT2D eigenvalue weighted by Gasteiger charge is 2.27. The Morgan fingerprint density at radius 2 is 1.68 bits per heavy atom. The second-order valence-electron chi connectivity index (χ2n) is 6.68. The Morgan fingerprint density at radius 1 is 1.00 bits per heavy atom. The molecule has 0 aliphatic carbocycles. The van der Waals surface area contributed by atoms with Crippen LogP contribution in [0.15, 0.2) is 30.5 Å². The van der Waals surface area contributed by atoms with Gasteiger partial charge in [-0.2, -0.15) is 0 Å². The van der Waals surface area contributed by atoms with Crippen LogP contribution >= 0.6 is 0 Å². The van der Waals surface area contributed by atoms with Gasteiger partial charge in [0.2, 0.25) is 23.6 Å². The molecule has 0 aliphatic rings. The molecule has 0 unspecified atom stereocenters. The SMILES string of the molecule is CC(=O)N[C@@H](C)C(=O)N[C@@H](Cc1c[nH]c2ccccc12)C(=O)N[C@@H](C)C(N)=O. The van der Waals surface area contributed by atoms with Crippen molar-refractivity contribution in [1.82, 2.24) is 20.9 Å². The second-order valence-corrected chi connectivity index (χ2v) is 6.68. The largest absolute Gasteiger partial charge is 0.368 e. The lowest BCUT2D eigenvalue weighted by atomic mass is 10.0. The minimum atomic E-state index is -0.954. The van der Waals surface area contributed by atoms with Gasteiger partial charge in [-0.05, 0) is 25.5 Å². The molecular formula is C19H25N5O4. The molecule has 0 spiro atoms. The van der Waals surface area contributed by atoms with Crippen molar-refractivity contribution >= 4 is 34.5 Å². The molecule has 9 heteroatoms. The monoisotopic (exact) mass is 387 g/mol. The molecule has 28 heavy (non-hydrogen) atoms. The number of H-pyrrole nitrogens is 1. The highest BCUT2D eigenvalue weighted by molar-refractivity contribution is 5.94. The van der Waals surface area contributed by atoms with Crippen molar-refractivity contribution in [2.24, 2.45) is 5.73 Å². The van der Waals surface area contributed by atoms with Gasteiger partial charge in [0.05, 0.1) is 0 Å². The van der Waals surface area contributed by atoms with Crippen LogP contribution in [0.25, 0.3) is 10.9 Å². The van der Waals surface area contributed by atoms with Gasteiger partial charge in [0, 0.05) is 30.4 Å². The molecule has 3 atom stereocenters. The number of aromatic nitrogens is 1. The van der Waals surface area contributed by atoms with Crippen LogP contribution in [0.3, 0.4) is 0 Å². The second kappa shape index (κ2) is 9.03. The fourth-order valence-corrected chi connectivity index (χ4v) is 2.78. The van der Waals surface area contributed by atoms with Crippen molar-refractivity contribution in [3.8, 4) is 0 Å². The van der Waals surface area contributed by atoms with E-state index in [-0.39, 0.29) is 12.3 Å². The Morgan fingerprint density at radius 3 is 2.32 bits per heavy atom. The maximum atomic E-state index is 12.7. The van der Waals surface area contributed by atoms with Crippen molar-refractivity contribution in [1.29, 1.82) is 0 Å². The molecule has 2 aromatic rings. The normalized spacial score (nSPS) is 14.0. The molecule has 0 saturated carbocycles. The number of para-hydroxylation sites is 1. The van der Waals surface area contributed by atoms with Crippen molar-refractivity contribution in [3.05, 3.63) is 36.0 Å². The van der Waals surface area contributed by atoms with E-state index in [1.165, 1.54) is 20.8 Å². The predicted octanol–water partition coefficient (Wildman–Crippen LogP) is -0.290. The molecule has 2 rings (SSSR count). The molecule has 1 aromatic heterocycles. The van der Waals surface area contributed by atoms with E-state index in [0.29, 0.717) is 0 Å². The van der Waals surface area contributed by atoms with E-state index in [1.807, 2.05) is 24.3 Å². The Labute approximate surface area is 162 Å². The summed E-state index contributed by atoms with van der Waals surface area (Å²) in [6.07, 6.45) is 1.96. The number of carbonyl (C=O) groups is 4. The van der Waals surface area contributed by atoms with Gasteiger partial charge in [-0.15, -0.1) is 0 Å². The first-order chi connectivity index (χ1) is 13.2. The summed E-state index contributed by atoms with van der Waals surface area (Å²) in [6.45, 7) is 4.28. The fraction of sp³-hybridized carbons (Fsp3) is 0.368. The standard InChI is InChI=1S/C19H25N5O4/c1-10(17(20)26)23-19(28)16(24-18(27)11(2)22-12(3)25)8-13-9-21-15-7-5-4-6-14(13)15/h4-7,9-11,16,21H,8H2,1-3H3,(H2,20,26)(H,22,25)(H,23,28)(H,24,27)/t10-,11-,16-/m0/s1. The Bertz CT molecular complexity index is 891. The van der Waals surface area contributed by atoms with E-state index in [2.05, 4.69) is 20.9 Å². The molecule has 6 N–H and O–H groups in total. The van der Waals surface area contributed by atoms with Crippen molar-refractivity contribution < 1.29 is 19.2 Å². The summed E-state index contributed by atoms with van der Waals surface area (Å²) in [6, 6.07) is 4.92. The van der Waals surface area contributed by atoms with Crippen LogP contribution in [-0.4, -0.2) is 46.7 Å². The first kappa shape index (κ1) is 20.9. The van der Waals surface area contributed by atoms with Crippen LogP contribution in [0, 0.1) is 0 Å². The number of nitrogens with two attached hydrogens (primary N) is 1. The van der Waals surface area contributed by atoms with Crippen LogP contribution in [-0.2, 0) is 25.6 Å². The van der Waals surface area contributed by atoms with Gasteiger partial charge in [-0.3, -0.25) is 19.2 Å². The Kier molecular flexibility index (Phi) is 6.75. The molecule has 0 saturated heterocycles. The van der Waals surface area contributed by atoms with Gasteiger partial charge in [-0.25, -0.2) is 0 Å². The van der Waals surface area contributed by atoms with E-state index in [1.54, 1.807) is 6.20 Å². The lowest BCUT2D eigenvalue weighted by Crippen LogP contribution is -2.55. The third-order valence-electron chi connectivity index (χ3n) is 4.33.